The molecule has 8 heteroatoms. The maximum absolute atomic E-state index is 13.2. The minimum Gasteiger partial charge on any atom is -0.325 e. The van der Waals surface area contributed by atoms with Gasteiger partial charge in [-0.1, -0.05) is 68.5 Å². The van der Waals surface area contributed by atoms with Gasteiger partial charge in [-0.05, 0) is 60.2 Å². The predicted molar refractivity (Wildman–Crippen MR) is 154 cm³/mol. The normalized spacial score (nSPS) is 14.1. The first-order chi connectivity index (χ1) is 19.2. The van der Waals surface area contributed by atoms with Crippen LogP contribution >= 0.6 is 0 Å². The van der Waals surface area contributed by atoms with E-state index in [1.165, 1.54) is 17.2 Å². The molecule has 4 rings (SSSR count). The molecule has 0 bridgehead atoms. The summed E-state index contributed by atoms with van der Waals surface area (Å²) < 4.78 is 0. The molecular weight excluding hydrogens is 488 g/mol. The van der Waals surface area contributed by atoms with Gasteiger partial charge >= 0.3 is 0 Å². The first-order valence-corrected chi connectivity index (χ1v) is 14.0. The number of guanidine groups is 1. The van der Waals surface area contributed by atoms with E-state index in [9.17, 15) is 4.79 Å². The fourth-order valence-electron chi connectivity index (χ4n) is 4.83. The highest BCUT2D eigenvalue weighted by atomic mass is 16.7. The van der Waals surface area contributed by atoms with Crippen LogP contribution in [0.5, 0.6) is 0 Å². The summed E-state index contributed by atoms with van der Waals surface area (Å²) in [6.45, 7) is 1.06. The van der Waals surface area contributed by atoms with E-state index in [1.54, 1.807) is 17.5 Å². The molecular formula is C31H38N6O2. The quantitative estimate of drug-likeness (QED) is 0.0715. The summed E-state index contributed by atoms with van der Waals surface area (Å²) in [5, 5.41) is 18.6. The van der Waals surface area contributed by atoms with Crippen LogP contribution in [-0.2, 0) is 16.2 Å². The Morgan fingerprint density at radius 2 is 1.77 bits per heavy atom. The summed E-state index contributed by atoms with van der Waals surface area (Å²) in [6, 6.07) is 18.3. The summed E-state index contributed by atoms with van der Waals surface area (Å²) in [7, 11) is 0. The Labute approximate surface area is 231 Å². The van der Waals surface area contributed by atoms with Gasteiger partial charge < -0.3 is 5.32 Å². The number of nitrogens with zero attached hydrogens (tertiary/aromatic N) is 4. The zero-order valence-corrected chi connectivity index (χ0v) is 22.5. The maximum atomic E-state index is 13.2. The Kier molecular flexibility index (Phi) is 11.1. The molecule has 0 radical (unpaired) electrons. The van der Waals surface area contributed by atoms with Crippen molar-refractivity contribution in [3.05, 3.63) is 72.6 Å². The highest BCUT2D eigenvalue weighted by molar-refractivity contribution is 5.94. The number of anilines is 1. The number of amides is 1. The number of pyridine rings is 1. The van der Waals surface area contributed by atoms with Crippen molar-refractivity contribution < 1.29 is 9.63 Å². The molecule has 0 saturated heterocycles. The molecule has 0 atom stereocenters. The van der Waals surface area contributed by atoms with E-state index in [2.05, 4.69) is 50.9 Å². The topological polar surface area (TPSA) is 103 Å². The van der Waals surface area contributed by atoms with Gasteiger partial charge in [0.05, 0.1) is 12.6 Å². The van der Waals surface area contributed by atoms with Crippen molar-refractivity contribution in [2.24, 2.45) is 4.99 Å². The Morgan fingerprint density at radius 3 is 2.56 bits per heavy atom. The van der Waals surface area contributed by atoms with Crippen LogP contribution in [0.2, 0.25) is 0 Å². The van der Waals surface area contributed by atoms with Crippen molar-refractivity contribution in [3.63, 3.8) is 0 Å². The zero-order valence-electron chi connectivity index (χ0n) is 22.5. The third-order valence-corrected chi connectivity index (χ3v) is 6.93. The summed E-state index contributed by atoms with van der Waals surface area (Å²) in [4.78, 5) is 28.0. The van der Waals surface area contributed by atoms with E-state index in [4.69, 9.17) is 10.1 Å². The SMILES string of the molecule is N#CNC(=NCCCCCCC(=O)N(Cc1ccc2ccccc2c1)OC1CCCCC1)Nc1ccncc1. The van der Waals surface area contributed by atoms with Crippen molar-refractivity contribution >= 4 is 28.3 Å². The third-order valence-electron chi connectivity index (χ3n) is 6.93. The third kappa shape index (κ3) is 9.38. The molecule has 204 valence electrons. The van der Waals surface area contributed by atoms with Gasteiger partial charge in [0.15, 0.2) is 6.19 Å². The van der Waals surface area contributed by atoms with Crippen LogP contribution in [0.4, 0.5) is 5.69 Å². The molecule has 1 aliphatic carbocycles. The lowest BCUT2D eigenvalue weighted by Crippen LogP contribution is -2.35. The van der Waals surface area contributed by atoms with Crippen molar-refractivity contribution in [2.75, 3.05) is 11.9 Å². The molecule has 1 heterocycles. The number of carbonyl (C=O) groups excluding carboxylic acids is 1. The maximum Gasteiger partial charge on any atom is 0.246 e. The number of nitriles is 1. The number of hydrogen-bond acceptors (Lipinski definition) is 5. The van der Waals surface area contributed by atoms with Gasteiger partial charge in [0.25, 0.3) is 0 Å². The number of hydroxylamine groups is 2. The van der Waals surface area contributed by atoms with Crippen LogP contribution in [-0.4, -0.2) is 34.6 Å². The molecule has 0 aliphatic heterocycles. The highest BCUT2D eigenvalue weighted by Crippen LogP contribution is 2.24. The smallest absolute Gasteiger partial charge is 0.246 e. The molecule has 1 aliphatic rings. The number of unbranched alkanes of at least 4 members (excludes halogenated alkanes) is 3. The number of carbonyl (C=O) groups is 1. The van der Waals surface area contributed by atoms with Gasteiger partial charge in [-0.25, -0.2) is 5.06 Å². The Bertz CT molecular complexity index is 1250. The predicted octanol–water partition coefficient (Wildman–Crippen LogP) is 6.32. The number of fused-ring (bicyclic) bond motifs is 1. The molecule has 2 aromatic carbocycles. The molecule has 1 aromatic heterocycles. The van der Waals surface area contributed by atoms with E-state index in [-0.39, 0.29) is 12.0 Å². The van der Waals surface area contributed by atoms with Crippen LogP contribution in [0.1, 0.15) is 69.8 Å². The minimum atomic E-state index is 0.0498. The zero-order chi connectivity index (χ0) is 27.1. The van der Waals surface area contributed by atoms with Gasteiger partial charge in [0.2, 0.25) is 11.9 Å². The van der Waals surface area contributed by atoms with Crippen LogP contribution in [0.3, 0.4) is 0 Å². The van der Waals surface area contributed by atoms with Gasteiger partial charge in [-0.3, -0.25) is 24.9 Å². The number of rotatable bonds is 12. The monoisotopic (exact) mass is 526 g/mol. The lowest BCUT2D eigenvalue weighted by molar-refractivity contribution is -0.215. The second-order valence-electron chi connectivity index (χ2n) is 9.97. The van der Waals surface area contributed by atoms with Gasteiger partial charge in [0.1, 0.15) is 0 Å². The highest BCUT2D eigenvalue weighted by Gasteiger charge is 2.22. The van der Waals surface area contributed by atoms with Crippen LogP contribution in [0.15, 0.2) is 72.0 Å². The standard InChI is InChI=1S/C31H38N6O2/c32-24-35-31(36-28-17-20-33-21-18-28)34-19-9-2-1-6-14-30(38)37(39-29-12-4-3-5-13-29)23-25-15-16-26-10-7-8-11-27(26)22-25/h7-8,10-11,15-18,20-22,29H,1-6,9,12-14,19,23H2,(H2,33,34,35,36). The Hall–Kier alpha value is -3.96. The van der Waals surface area contributed by atoms with Crippen LogP contribution in [0.25, 0.3) is 10.8 Å². The molecule has 0 spiro atoms. The molecule has 0 unspecified atom stereocenters. The molecule has 1 amide bonds. The molecule has 1 fully saturated rings. The van der Waals surface area contributed by atoms with Crippen molar-refractivity contribution in [3.8, 4) is 6.19 Å². The van der Waals surface area contributed by atoms with Gasteiger partial charge in [0, 0.05) is 31.0 Å². The summed E-state index contributed by atoms with van der Waals surface area (Å²) >= 11 is 0. The molecule has 2 N–H and O–H groups in total. The Morgan fingerprint density at radius 1 is 1.00 bits per heavy atom. The average molecular weight is 527 g/mol. The van der Waals surface area contributed by atoms with E-state index >= 15 is 0 Å². The second-order valence-corrected chi connectivity index (χ2v) is 9.97. The molecule has 8 nitrogen and oxygen atoms in total. The first kappa shape index (κ1) is 28.1. The first-order valence-electron chi connectivity index (χ1n) is 14.0. The number of aromatic nitrogens is 1. The van der Waals surface area contributed by atoms with E-state index < -0.39 is 0 Å². The van der Waals surface area contributed by atoms with Gasteiger partial charge in [-0.15, -0.1) is 0 Å². The van der Waals surface area contributed by atoms with Crippen LogP contribution < -0.4 is 10.6 Å². The van der Waals surface area contributed by atoms with Crippen molar-refractivity contribution in [1.82, 2.24) is 15.4 Å². The summed E-state index contributed by atoms with van der Waals surface area (Å²) in [5.41, 5.74) is 1.89. The molecule has 1 saturated carbocycles. The average Bonchev–Trinajstić information content (AvgIpc) is 2.97. The largest absolute Gasteiger partial charge is 0.325 e. The van der Waals surface area contributed by atoms with E-state index in [1.807, 2.05) is 30.5 Å². The van der Waals surface area contributed by atoms with E-state index in [0.717, 1.165) is 62.6 Å². The van der Waals surface area contributed by atoms with E-state index in [0.29, 0.717) is 25.5 Å². The van der Waals surface area contributed by atoms with Crippen molar-refractivity contribution in [1.29, 1.82) is 5.26 Å². The number of aliphatic imine (C=N–C) groups is 1. The number of nitrogens with one attached hydrogen (secondary N) is 2. The van der Waals surface area contributed by atoms with Gasteiger partial charge in [-0.2, -0.15) is 5.26 Å². The van der Waals surface area contributed by atoms with Crippen molar-refractivity contribution in [2.45, 2.75) is 76.9 Å². The lowest BCUT2D eigenvalue weighted by Gasteiger charge is -2.29. The molecule has 39 heavy (non-hydrogen) atoms. The minimum absolute atomic E-state index is 0.0498. The number of benzene rings is 2. The van der Waals surface area contributed by atoms with Crippen LogP contribution in [0, 0.1) is 11.5 Å². The fraction of sp³-hybridized carbons (Fsp3) is 0.419. The molecule has 3 aromatic rings. The number of hydrogen-bond donors (Lipinski definition) is 2. The summed E-state index contributed by atoms with van der Waals surface area (Å²) in [5.74, 6) is 0.469. The second kappa shape index (κ2) is 15.5. The Balaban J connectivity index is 1.24. The lowest BCUT2D eigenvalue weighted by atomic mass is 9.98. The fourth-order valence-corrected chi connectivity index (χ4v) is 4.83. The summed E-state index contributed by atoms with van der Waals surface area (Å²) in [6.07, 6.45) is 15.0.